The van der Waals surface area contributed by atoms with Gasteiger partial charge in [0.2, 0.25) is 10.0 Å². The molecule has 1 rings (SSSR count). The molecule has 0 aliphatic carbocycles. The number of benzene rings is 1. The van der Waals surface area contributed by atoms with E-state index in [-0.39, 0.29) is 0 Å². The second-order valence-corrected chi connectivity index (χ2v) is 5.70. The zero-order valence-electron chi connectivity index (χ0n) is 10.1. The molecule has 1 aromatic rings. The molecular weight excluding hydrogens is 328 g/mol. The lowest BCUT2D eigenvalue weighted by molar-refractivity contribution is -0.137. The SMILES string of the molecule is O=S(=O)(CCC(F)(F)F)NOc1cccc(C(F)(F)F)c1. The Morgan fingerprint density at radius 1 is 1.10 bits per heavy atom. The molecular formula is C10H9F6NO3S. The van der Waals surface area contributed by atoms with Crippen molar-refractivity contribution in [3.63, 3.8) is 0 Å². The second kappa shape index (κ2) is 6.10. The molecule has 11 heteroatoms. The van der Waals surface area contributed by atoms with Crippen LogP contribution in [0.1, 0.15) is 12.0 Å². The predicted octanol–water partition coefficient (Wildman–Crippen LogP) is 2.87. The Labute approximate surface area is 115 Å². The number of nitrogens with one attached hydrogen (secondary N) is 1. The number of halogens is 6. The van der Waals surface area contributed by atoms with Crippen LogP contribution in [0, 0.1) is 0 Å². The van der Waals surface area contributed by atoms with E-state index < -0.39 is 45.9 Å². The monoisotopic (exact) mass is 337 g/mol. The lowest BCUT2D eigenvalue weighted by atomic mass is 10.2. The molecule has 0 bridgehead atoms. The molecule has 0 saturated heterocycles. The molecule has 0 saturated carbocycles. The lowest BCUT2D eigenvalue weighted by Gasteiger charge is -2.11. The smallest absolute Gasteiger partial charge is 0.394 e. The molecule has 0 radical (unpaired) electrons. The average Bonchev–Trinajstić information content (AvgIpc) is 2.33. The lowest BCUT2D eigenvalue weighted by Crippen LogP contribution is -2.31. The number of hydrogen-bond acceptors (Lipinski definition) is 3. The third-order valence-corrected chi connectivity index (χ3v) is 3.18. The largest absolute Gasteiger partial charge is 0.416 e. The van der Waals surface area contributed by atoms with Gasteiger partial charge in [0.15, 0.2) is 0 Å². The maximum Gasteiger partial charge on any atom is 0.416 e. The molecule has 0 unspecified atom stereocenters. The summed E-state index contributed by atoms with van der Waals surface area (Å²) in [4.78, 5) is 5.70. The van der Waals surface area contributed by atoms with E-state index in [4.69, 9.17) is 0 Å². The number of sulfonamides is 1. The Morgan fingerprint density at radius 3 is 2.24 bits per heavy atom. The Bertz CT molecular complexity index is 581. The second-order valence-electron chi connectivity index (χ2n) is 3.90. The molecule has 0 amide bonds. The van der Waals surface area contributed by atoms with Crippen LogP contribution in [0.4, 0.5) is 26.3 Å². The van der Waals surface area contributed by atoms with E-state index in [1.165, 1.54) is 4.89 Å². The van der Waals surface area contributed by atoms with Gasteiger partial charge in [-0.3, -0.25) is 0 Å². The molecule has 21 heavy (non-hydrogen) atoms. The summed E-state index contributed by atoms with van der Waals surface area (Å²) in [5.74, 6) is -1.80. The van der Waals surface area contributed by atoms with Crippen LogP contribution in [0.3, 0.4) is 0 Å². The molecule has 0 aliphatic heterocycles. The summed E-state index contributed by atoms with van der Waals surface area (Å²) < 4.78 is 95.1. The Kier molecular flexibility index (Phi) is 5.10. The van der Waals surface area contributed by atoms with Crippen LogP contribution in [0.5, 0.6) is 5.75 Å². The van der Waals surface area contributed by atoms with E-state index in [2.05, 4.69) is 4.84 Å². The third kappa shape index (κ3) is 6.67. The first-order valence-corrected chi connectivity index (χ1v) is 6.95. The molecule has 0 heterocycles. The van der Waals surface area contributed by atoms with Crippen molar-refractivity contribution >= 4 is 10.0 Å². The quantitative estimate of drug-likeness (QED) is 0.664. The van der Waals surface area contributed by atoms with Crippen molar-refractivity contribution in [3.05, 3.63) is 29.8 Å². The number of rotatable bonds is 5. The highest BCUT2D eigenvalue weighted by Crippen LogP contribution is 2.31. The molecule has 120 valence electrons. The van der Waals surface area contributed by atoms with Crippen LogP contribution in [0.15, 0.2) is 24.3 Å². The summed E-state index contributed by atoms with van der Waals surface area (Å²) >= 11 is 0. The Balaban J connectivity index is 2.67. The molecule has 0 spiro atoms. The minimum atomic E-state index is -4.68. The van der Waals surface area contributed by atoms with Crippen molar-refractivity contribution in [2.24, 2.45) is 0 Å². The first-order chi connectivity index (χ1) is 9.39. The molecule has 0 fully saturated rings. The Hall–Kier alpha value is -1.49. The molecule has 0 atom stereocenters. The Morgan fingerprint density at radius 2 is 1.71 bits per heavy atom. The summed E-state index contributed by atoms with van der Waals surface area (Å²) in [7, 11) is -4.43. The van der Waals surface area contributed by atoms with E-state index in [1.54, 1.807) is 0 Å². The van der Waals surface area contributed by atoms with Crippen LogP contribution >= 0.6 is 0 Å². The van der Waals surface area contributed by atoms with E-state index in [1.807, 2.05) is 0 Å². The summed E-state index contributed by atoms with van der Waals surface area (Å²) in [6.07, 6.45) is -10.9. The zero-order valence-corrected chi connectivity index (χ0v) is 10.9. The first-order valence-electron chi connectivity index (χ1n) is 5.29. The highest BCUT2D eigenvalue weighted by Gasteiger charge is 2.31. The van der Waals surface area contributed by atoms with Gasteiger partial charge in [-0.25, -0.2) is 8.42 Å². The van der Waals surface area contributed by atoms with Gasteiger partial charge in [0.05, 0.1) is 17.7 Å². The fraction of sp³-hybridized carbons (Fsp3) is 0.400. The van der Waals surface area contributed by atoms with Gasteiger partial charge in [-0.05, 0) is 23.1 Å². The zero-order chi connectivity index (χ0) is 16.3. The fourth-order valence-electron chi connectivity index (χ4n) is 1.14. The van der Waals surface area contributed by atoms with Gasteiger partial charge in [-0.1, -0.05) is 6.07 Å². The van der Waals surface area contributed by atoms with E-state index in [0.29, 0.717) is 6.07 Å². The van der Waals surface area contributed by atoms with Gasteiger partial charge in [0, 0.05) is 0 Å². The van der Waals surface area contributed by atoms with E-state index in [0.717, 1.165) is 18.2 Å². The predicted molar refractivity (Wildman–Crippen MR) is 59.7 cm³/mol. The maximum absolute atomic E-state index is 12.4. The van der Waals surface area contributed by atoms with Gasteiger partial charge in [0.1, 0.15) is 5.75 Å². The van der Waals surface area contributed by atoms with Crippen LogP contribution in [-0.4, -0.2) is 20.3 Å². The topological polar surface area (TPSA) is 55.4 Å². The summed E-state index contributed by atoms with van der Waals surface area (Å²) in [6.45, 7) is 0. The van der Waals surface area contributed by atoms with Crippen LogP contribution in [0.25, 0.3) is 0 Å². The van der Waals surface area contributed by atoms with Gasteiger partial charge >= 0.3 is 12.4 Å². The highest BCUT2D eigenvalue weighted by molar-refractivity contribution is 7.89. The molecule has 0 aromatic heterocycles. The van der Waals surface area contributed by atoms with Gasteiger partial charge in [-0.15, -0.1) is 0 Å². The fourth-order valence-corrected chi connectivity index (χ4v) is 1.95. The minimum absolute atomic E-state index is 0.500. The number of hydrogen-bond donors (Lipinski definition) is 1. The van der Waals surface area contributed by atoms with Crippen molar-refractivity contribution in [1.29, 1.82) is 0 Å². The highest BCUT2D eigenvalue weighted by atomic mass is 32.2. The average molecular weight is 337 g/mol. The van der Waals surface area contributed by atoms with Crippen molar-refractivity contribution in [2.45, 2.75) is 18.8 Å². The first kappa shape index (κ1) is 17.6. The third-order valence-electron chi connectivity index (χ3n) is 2.10. The van der Waals surface area contributed by atoms with Crippen LogP contribution in [0.2, 0.25) is 0 Å². The maximum atomic E-state index is 12.4. The summed E-state index contributed by atoms with van der Waals surface area (Å²) in [5, 5.41) is 0. The number of alkyl halides is 6. The van der Waals surface area contributed by atoms with Crippen molar-refractivity contribution in [3.8, 4) is 5.75 Å². The summed E-state index contributed by atoms with van der Waals surface area (Å²) in [5.41, 5.74) is -1.09. The summed E-state index contributed by atoms with van der Waals surface area (Å²) in [6, 6.07) is 3.21. The normalized spacial score (nSPS) is 13.2. The molecule has 0 aliphatic rings. The van der Waals surface area contributed by atoms with Gasteiger partial charge in [0.25, 0.3) is 0 Å². The minimum Gasteiger partial charge on any atom is -0.394 e. The van der Waals surface area contributed by atoms with Crippen molar-refractivity contribution in [2.75, 3.05) is 5.75 Å². The molecule has 4 nitrogen and oxygen atoms in total. The van der Waals surface area contributed by atoms with Gasteiger partial charge in [-0.2, -0.15) is 26.3 Å². The van der Waals surface area contributed by atoms with Gasteiger partial charge < -0.3 is 4.84 Å². The van der Waals surface area contributed by atoms with Crippen LogP contribution < -0.4 is 9.72 Å². The van der Waals surface area contributed by atoms with Crippen LogP contribution in [-0.2, 0) is 16.2 Å². The van der Waals surface area contributed by atoms with Crippen molar-refractivity contribution in [1.82, 2.24) is 4.89 Å². The molecule has 1 N–H and O–H groups in total. The standard InChI is InChI=1S/C10H9F6NO3S/c11-9(12,13)4-5-21(18,19)17-20-8-3-1-2-7(6-8)10(14,15)16/h1-3,6,17H,4-5H2. The van der Waals surface area contributed by atoms with E-state index in [9.17, 15) is 34.8 Å². The van der Waals surface area contributed by atoms with Crippen molar-refractivity contribution < 1.29 is 39.6 Å². The molecule has 1 aromatic carbocycles. The van der Waals surface area contributed by atoms with E-state index >= 15 is 0 Å².